The Balaban J connectivity index is 1.78. The fourth-order valence-electron chi connectivity index (χ4n) is 2.85. The van der Waals surface area contributed by atoms with E-state index in [1.165, 1.54) is 24.6 Å². The van der Waals surface area contributed by atoms with E-state index in [4.69, 9.17) is 12.2 Å². The number of Topliss-reactive ketones (excluding diaryl/α,β-unsaturated/α-hetero) is 2. The van der Waals surface area contributed by atoms with Crippen LogP contribution >= 0.6 is 24.0 Å². The molecule has 1 saturated heterocycles. The summed E-state index contributed by atoms with van der Waals surface area (Å²) < 4.78 is 0.830. The molecule has 0 atom stereocenters. The van der Waals surface area contributed by atoms with Crippen LogP contribution in [0.2, 0.25) is 0 Å². The minimum absolute atomic E-state index is 0.0376. The number of carbonyl (C=O) groups is 2. The molecule has 0 aromatic heterocycles. The molecule has 0 amide bonds. The van der Waals surface area contributed by atoms with Crippen molar-refractivity contribution >= 4 is 39.9 Å². The molecule has 3 nitrogen and oxygen atoms in total. The molecular weight excluding hydrogens is 314 g/mol. The molecule has 0 spiro atoms. The van der Waals surface area contributed by atoms with E-state index in [0.717, 1.165) is 17.4 Å². The van der Waals surface area contributed by atoms with Gasteiger partial charge in [0.05, 0.1) is 0 Å². The minimum atomic E-state index is -0.0436. The quantitative estimate of drug-likeness (QED) is 0.776. The van der Waals surface area contributed by atoms with Gasteiger partial charge in [-0.25, -0.2) is 0 Å². The molecule has 3 rings (SSSR count). The number of thiocarbonyl (C=S) groups is 1. The highest BCUT2D eigenvalue weighted by molar-refractivity contribution is 8.23. The van der Waals surface area contributed by atoms with Gasteiger partial charge in [0.25, 0.3) is 0 Å². The van der Waals surface area contributed by atoms with Crippen LogP contribution in [-0.2, 0) is 0 Å². The van der Waals surface area contributed by atoms with E-state index in [-0.39, 0.29) is 11.6 Å². The summed E-state index contributed by atoms with van der Waals surface area (Å²) in [6.07, 6.45) is 2.35. The van der Waals surface area contributed by atoms with Gasteiger partial charge in [0, 0.05) is 41.1 Å². The molecule has 1 aliphatic heterocycles. The average molecular weight is 331 g/mol. The maximum Gasteiger partial charge on any atom is 0.191 e. The van der Waals surface area contributed by atoms with Crippen molar-refractivity contribution in [2.24, 2.45) is 0 Å². The van der Waals surface area contributed by atoms with Gasteiger partial charge in [-0.05, 0) is 19.8 Å². The second-order valence-electron chi connectivity index (χ2n) is 5.56. The molecule has 0 bridgehead atoms. The molecule has 1 fully saturated rings. The van der Waals surface area contributed by atoms with E-state index in [2.05, 4.69) is 4.90 Å². The molecule has 1 aromatic rings. The highest BCUT2D eigenvalue weighted by Crippen LogP contribution is 2.29. The van der Waals surface area contributed by atoms with Gasteiger partial charge >= 0.3 is 0 Å². The van der Waals surface area contributed by atoms with Crippen LogP contribution < -0.4 is 0 Å². The van der Waals surface area contributed by atoms with Gasteiger partial charge in [-0.3, -0.25) is 9.59 Å². The summed E-state index contributed by atoms with van der Waals surface area (Å²) in [6, 6.07) is 7.03. The van der Waals surface area contributed by atoms with E-state index in [1.54, 1.807) is 31.2 Å². The molecule has 0 N–H and O–H groups in total. The zero-order valence-electron chi connectivity index (χ0n) is 12.4. The number of rotatable bonds is 2. The largest absolute Gasteiger partial charge is 0.358 e. The predicted molar refractivity (Wildman–Crippen MR) is 93.7 cm³/mol. The average Bonchev–Trinajstić information content (AvgIpc) is 3.07. The molecule has 0 radical (unpaired) electrons. The van der Waals surface area contributed by atoms with Crippen LogP contribution in [0, 0.1) is 0 Å². The molecule has 1 aromatic carbocycles. The monoisotopic (exact) mass is 331 g/mol. The summed E-state index contributed by atoms with van der Waals surface area (Å²) in [5.41, 5.74) is 2.18. The van der Waals surface area contributed by atoms with Gasteiger partial charge < -0.3 is 4.90 Å². The molecule has 2 aliphatic rings. The Bertz CT molecular complexity index is 688. The van der Waals surface area contributed by atoms with Crippen LogP contribution in [-0.4, -0.2) is 39.6 Å². The Morgan fingerprint density at radius 2 is 1.73 bits per heavy atom. The van der Waals surface area contributed by atoms with Gasteiger partial charge in [-0.15, -0.1) is 0 Å². The van der Waals surface area contributed by atoms with Crippen molar-refractivity contribution in [1.29, 1.82) is 0 Å². The molecular formula is C17H17NO2S2. The molecule has 1 heterocycles. The van der Waals surface area contributed by atoms with Crippen LogP contribution in [0.5, 0.6) is 0 Å². The number of hydrogen-bond donors (Lipinski definition) is 0. The second-order valence-corrected chi connectivity index (χ2v) is 7.17. The third kappa shape index (κ3) is 2.75. The first-order valence-electron chi connectivity index (χ1n) is 7.39. The highest BCUT2D eigenvalue weighted by Gasteiger charge is 2.29. The van der Waals surface area contributed by atoms with Gasteiger partial charge in [-0.2, -0.15) is 0 Å². The van der Waals surface area contributed by atoms with Crippen molar-refractivity contribution in [3.63, 3.8) is 0 Å². The Kier molecular flexibility index (Phi) is 4.45. The second kappa shape index (κ2) is 6.34. The zero-order chi connectivity index (χ0) is 15.7. The Morgan fingerprint density at radius 1 is 1.14 bits per heavy atom. The van der Waals surface area contributed by atoms with Crippen molar-refractivity contribution in [3.8, 4) is 0 Å². The first-order chi connectivity index (χ1) is 10.6. The van der Waals surface area contributed by atoms with Crippen LogP contribution in [0.15, 0.2) is 35.4 Å². The third-order valence-electron chi connectivity index (χ3n) is 4.19. The summed E-state index contributed by atoms with van der Waals surface area (Å²) in [5.74, 6) is 0.391. The standard InChI is InChI=1S/C17H17NO2S2/c1-11-14(10-22-17(21)18-8-4-5-9-18)16(20)13-7-3-2-6-12(13)15(11)19/h2-3,6-7H,4-5,8-10H2,1H3. The first kappa shape index (κ1) is 15.4. The lowest BCUT2D eigenvalue weighted by Gasteiger charge is -2.21. The van der Waals surface area contributed by atoms with Crippen molar-refractivity contribution in [3.05, 3.63) is 46.5 Å². The van der Waals surface area contributed by atoms with E-state index in [1.807, 2.05) is 0 Å². The molecule has 0 unspecified atom stereocenters. The Labute approximate surface area is 139 Å². The lowest BCUT2D eigenvalue weighted by molar-refractivity contribution is 0.0975. The number of thioether (sulfide) groups is 1. The van der Waals surface area contributed by atoms with Crippen LogP contribution in [0.3, 0.4) is 0 Å². The van der Waals surface area contributed by atoms with Crippen molar-refractivity contribution in [2.75, 3.05) is 18.8 Å². The maximum atomic E-state index is 12.6. The Hall–Kier alpha value is -1.46. The summed E-state index contributed by atoms with van der Waals surface area (Å²) in [5, 5.41) is 0. The summed E-state index contributed by atoms with van der Waals surface area (Å²) >= 11 is 6.93. The van der Waals surface area contributed by atoms with E-state index in [9.17, 15) is 9.59 Å². The van der Waals surface area contributed by atoms with Crippen LogP contribution in [0.1, 0.15) is 40.5 Å². The number of carbonyl (C=O) groups excluding carboxylic acids is 2. The Morgan fingerprint density at radius 3 is 2.36 bits per heavy atom. The van der Waals surface area contributed by atoms with E-state index < -0.39 is 0 Å². The summed E-state index contributed by atoms with van der Waals surface area (Å²) in [4.78, 5) is 27.2. The van der Waals surface area contributed by atoms with Crippen molar-refractivity contribution in [1.82, 2.24) is 4.90 Å². The molecule has 22 heavy (non-hydrogen) atoms. The number of nitrogens with zero attached hydrogens (tertiary/aromatic N) is 1. The number of hydrogen-bond acceptors (Lipinski definition) is 4. The number of allylic oxidation sites excluding steroid dienone is 1. The third-order valence-corrected chi connectivity index (χ3v) is 5.74. The van der Waals surface area contributed by atoms with Gasteiger partial charge in [0.1, 0.15) is 4.32 Å². The van der Waals surface area contributed by atoms with Crippen molar-refractivity contribution in [2.45, 2.75) is 19.8 Å². The van der Waals surface area contributed by atoms with E-state index in [0.29, 0.717) is 28.0 Å². The topological polar surface area (TPSA) is 37.4 Å². The fourth-order valence-corrected chi connectivity index (χ4v) is 4.19. The first-order valence-corrected chi connectivity index (χ1v) is 8.79. The van der Waals surface area contributed by atoms with Gasteiger partial charge in [0.15, 0.2) is 11.6 Å². The maximum absolute atomic E-state index is 12.6. The molecule has 5 heteroatoms. The normalized spacial score (nSPS) is 18.0. The lowest BCUT2D eigenvalue weighted by Crippen LogP contribution is -2.26. The van der Waals surface area contributed by atoms with Gasteiger partial charge in [-0.1, -0.05) is 48.2 Å². The van der Waals surface area contributed by atoms with Crippen molar-refractivity contribution < 1.29 is 9.59 Å². The minimum Gasteiger partial charge on any atom is -0.358 e. The molecule has 1 aliphatic carbocycles. The molecule has 0 saturated carbocycles. The van der Waals surface area contributed by atoms with Gasteiger partial charge in [0.2, 0.25) is 0 Å². The lowest BCUT2D eigenvalue weighted by atomic mass is 9.85. The fraction of sp³-hybridized carbons (Fsp3) is 0.353. The zero-order valence-corrected chi connectivity index (χ0v) is 14.1. The summed E-state index contributed by atoms with van der Waals surface area (Å²) in [7, 11) is 0. The van der Waals surface area contributed by atoms with Crippen LogP contribution in [0.4, 0.5) is 0 Å². The van der Waals surface area contributed by atoms with E-state index >= 15 is 0 Å². The highest BCUT2D eigenvalue weighted by atomic mass is 32.2. The SMILES string of the molecule is CC1=C(CSC(=S)N2CCCC2)C(=O)c2ccccc2C1=O. The smallest absolute Gasteiger partial charge is 0.191 e. The number of likely N-dealkylation sites (tertiary alicyclic amines) is 1. The molecule has 114 valence electrons. The number of ketones is 2. The summed E-state index contributed by atoms with van der Waals surface area (Å²) in [6.45, 7) is 3.74. The number of fused-ring (bicyclic) bond motifs is 1. The number of benzene rings is 1. The predicted octanol–water partition coefficient (Wildman–Crippen LogP) is 3.50. The van der Waals surface area contributed by atoms with Crippen LogP contribution in [0.25, 0.3) is 0 Å².